The van der Waals surface area contributed by atoms with E-state index in [2.05, 4.69) is 26.8 Å². The molecular weight excluding hydrogens is 403 g/mol. The average Bonchev–Trinajstić information content (AvgIpc) is 2.52. The Kier molecular flexibility index (Phi) is 6.45. The minimum absolute atomic E-state index is 0.192. The number of carbonyl (C=O) groups is 2. The van der Waals surface area contributed by atoms with E-state index in [-0.39, 0.29) is 12.3 Å². The van der Waals surface area contributed by atoms with Crippen LogP contribution in [0.15, 0.2) is 46.9 Å². The fourth-order valence-electron chi connectivity index (χ4n) is 1.87. The van der Waals surface area contributed by atoms with Gasteiger partial charge in [-0.3, -0.25) is 20.4 Å². The fourth-order valence-corrected chi connectivity index (χ4v) is 2.84. The Labute approximate surface area is 152 Å². The van der Waals surface area contributed by atoms with Crippen LogP contribution in [0.4, 0.5) is 0 Å². The highest BCUT2D eigenvalue weighted by Gasteiger charge is 2.11. The van der Waals surface area contributed by atoms with Crippen molar-refractivity contribution >= 4 is 50.9 Å². The number of aryl methyl sites for hydroxylation is 1. The molecule has 0 aliphatic rings. The summed E-state index contributed by atoms with van der Waals surface area (Å²) in [5, 5.41) is 1.06. The molecule has 0 aliphatic carbocycles. The zero-order valence-electron chi connectivity index (χ0n) is 11.9. The van der Waals surface area contributed by atoms with E-state index in [0.29, 0.717) is 26.5 Å². The second-order valence-electron chi connectivity index (χ2n) is 4.72. The van der Waals surface area contributed by atoms with Crippen molar-refractivity contribution in [3.05, 3.63) is 68.1 Å². The first-order chi connectivity index (χ1) is 11.0. The fraction of sp³-hybridized carbons (Fsp3) is 0.125. The van der Waals surface area contributed by atoms with Gasteiger partial charge in [-0.1, -0.05) is 41.4 Å². The van der Waals surface area contributed by atoms with Crippen molar-refractivity contribution in [2.75, 3.05) is 0 Å². The summed E-state index contributed by atoms with van der Waals surface area (Å²) in [5.74, 6) is -0.702. The predicted octanol–water partition coefficient (Wildman–Crippen LogP) is 4.15. The van der Waals surface area contributed by atoms with E-state index in [4.69, 9.17) is 23.2 Å². The quantitative estimate of drug-likeness (QED) is 0.737. The Morgan fingerprint density at radius 2 is 1.78 bits per heavy atom. The van der Waals surface area contributed by atoms with Crippen LogP contribution in [0.1, 0.15) is 22.3 Å². The molecule has 2 rings (SSSR count). The zero-order chi connectivity index (χ0) is 16.8. The number of benzene rings is 2. The molecule has 120 valence electrons. The number of amides is 2. The predicted molar refractivity (Wildman–Crippen MR) is 94.5 cm³/mol. The molecule has 0 saturated carbocycles. The van der Waals surface area contributed by atoms with Gasteiger partial charge in [-0.05, 0) is 52.2 Å². The molecule has 23 heavy (non-hydrogen) atoms. The second-order valence-corrected chi connectivity index (χ2v) is 6.42. The number of hydrazine groups is 1. The van der Waals surface area contributed by atoms with E-state index >= 15 is 0 Å². The molecule has 0 saturated heterocycles. The van der Waals surface area contributed by atoms with Gasteiger partial charge in [0, 0.05) is 20.9 Å². The van der Waals surface area contributed by atoms with Crippen molar-refractivity contribution in [1.29, 1.82) is 0 Å². The molecule has 0 atom stereocenters. The summed E-state index contributed by atoms with van der Waals surface area (Å²) in [6.45, 7) is 0. The van der Waals surface area contributed by atoms with Gasteiger partial charge in [0.1, 0.15) is 0 Å². The van der Waals surface area contributed by atoms with Gasteiger partial charge in [-0.25, -0.2) is 0 Å². The highest BCUT2D eigenvalue weighted by Crippen LogP contribution is 2.22. The lowest BCUT2D eigenvalue weighted by Crippen LogP contribution is -2.41. The first kappa shape index (κ1) is 17.8. The van der Waals surface area contributed by atoms with Crippen LogP contribution in [0.2, 0.25) is 10.0 Å². The number of halogens is 3. The van der Waals surface area contributed by atoms with Gasteiger partial charge in [0.05, 0.1) is 5.56 Å². The minimum atomic E-state index is -0.393. The van der Waals surface area contributed by atoms with Crippen LogP contribution in [-0.2, 0) is 11.2 Å². The third kappa shape index (κ3) is 5.23. The first-order valence-electron chi connectivity index (χ1n) is 6.75. The maximum Gasteiger partial charge on any atom is 0.270 e. The summed E-state index contributed by atoms with van der Waals surface area (Å²) >= 11 is 15.1. The van der Waals surface area contributed by atoms with Crippen molar-refractivity contribution in [3.8, 4) is 0 Å². The number of nitrogens with one attached hydrogen (secondary N) is 2. The average molecular weight is 416 g/mol. The molecule has 2 N–H and O–H groups in total. The Hall–Kier alpha value is -1.56. The van der Waals surface area contributed by atoms with Gasteiger partial charge >= 0.3 is 0 Å². The van der Waals surface area contributed by atoms with Crippen LogP contribution < -0.4 is 10.9 Å². The van der Waals surface area contributed by atoms with E-state index in [9.17, 15) is 9.59 Å². The van der Waals surface area contributed by atoms with Crippen molar-refractivity contribution in [1.82, 2.24) is 10.9 Å². The molecule has 2 aromatic rings. The molecule has 0 aliphatic heterocycles. The van der Waals surface area contributed by atoms with Gasteiger partial charge in [-0.2, -0.15) is 0 Å². The normalized spacial score (nSPS) is 10.2. The standard InChI is InChI=1S/C16H13BrCl2N2O2/c17-13-4-2-1-3-12(13)16(23)21-20-15(22)8-6-10-5-7-11(18)9-14(10)19/h1-5,7,9H,6,8H2,(H,20,22)(H,21,23). The molecule has 0 unspecified atom stereocenters. The minimum Gasteiger partial charge on any atom is -0.273 e. The topological polar surface area (TPSA) is 58.2 Å². The van der Waals surface area contributed by atoms with Crippen molar-refractivity contribution in [2.24, 2.45) is 0 Å². The van der Waals surface area contributed by atoms with E-state index in [1.165, 1.54) is 0 Å². The van der Waals surface area contributed by atoms with Crippen LogP contribution in [0.5, 0.6) is 0 Å². The second kappa shape index (κ2) is 8.34. The first-order valence-corrected chi connectivity index (χ1v) is 8.30. The summed E-state index contributed by atoms with van der Waals surface area (Å²) in [6, 6.07) is 12.1. The third-order valence-corrected chi connectivity index (χ3v) is 4.35. The van der Waals surface area contributed by atoms with E-state index in [1.54, 1.807) is 42.5 Å². The Morgan fingerprint density at radius 1 is 1.04 bits per heavy atom. The van der Waals surface area contributed by atoms with Crippen molar-refractivity contribution in [2.45, 2.75) is 12.8 Å². The molecular formula is C16H13BrCl2N2O2. The highest BCUT2D eigenvalue weighted by atomic mass is 79.9. The van der Waals surface area contributed by atoms with Gasteiger partial charge in [0.2, 0.25) is 5.91 Å². The lowest BCUT2D eigenvalue weighted by molar-refractivity contribution is -0.121. The third-order valence-electron chi connectivity index (χ3n) is 3.07. The molecule has 0 heterocycles. The van der Waals surface area contributed by atoms with E-state index < -0.39 is 5.91 Å². The molecule has 0 fully saturated rings. The van der Waals surface area contributed by atoms with Crippen LogP contribution in [0.25, 0.3) is 0 Å². The van der Waals surface area contributed by atoms with Gasteiger partial charge in [0.25, 0.3) is 5.91 Å². The van der Waals surface area contributed by atoms with Crippen LogP contribution in [0, 0.1) is 0 Å². The molecule has 2 amide bonds. The van der Waals surface area contributed by atoms with E-state index in [0.717, 1.165) is 5.56 Å². The van der Waals surface area contributed by atoms with Crippen molar-refractivity contribution in [3.63, 3.8) is 0 Å². The smallest absolute Gasteiger partial charge is 0.270 e. The summed E-state index contributed by atoms with van der Waals surface area (Å²) in [7, 11) is 0. The molecule has 7 heteroatoms. The molecule has 0 spiro atoms. The highest BCUT2D eigenvalue weighted by molar-refractivity contribution is 9.10. The number of hydrogen-bond acceptors (Lipinski definition) is 2. The Balaban J connectivity index is 1.83. The summed E-state index contributed by atoms with van der Waals surface area (Å²) in [4.78, 5) is 23.8. The summed E-state index contributed by atoms with van der Waals surface area (Å²) in [5.41, 5.74) is 6.02. The largest absolute Gasteiger partial charge is 0.273 e. The maximum atomic E-state index is 11.9. The molecule has 0 bridgehead atoms. The SMILES string of the molecule is O=C(CCc1ccc(Cl)cc1Cl)NNC(=O)c1ccccc1Br. The van der Waals surface area contributed by atoms with Gasteiger partial charge in [0.15, 0.2) is 0 Å². The summed E-state index contributed by atoms with van der Waals surface area (Å²) < 4.78 is 0.652. The molecule has 0 aromatic heterocycles. The van der Waals surface area contributed by atoms with E-state index in [1.807, 2.05) is 0 Å². The van der Waals surface area contributed by atoms with Crippen LogP contribution in [-0.4, -0.2) is 11.8 Å². The number of rotatable bonds is 4. The maximum absolute atomic E-state index is 11.9. The Morgan fingerprint density at radius 3 is 2.48 bits per heavy atom. The lowest BCUT2D eigenvalue weighted by Gasteiger charge is -2.09. The van der Waals surface area contributed by atoms with Crippen molar-refractivity contribution < 1.29 is 9.59 Å². The lowest BCUT2D eigenvalue weighted by atomic mass is 10.1. The number of hydrogen-bond donors (Lipinski definition) is 2. The van der Waals surface area contributed by atoms with Gasteiger partial charge in [-0.15, -0.1) is 0 Å². The summed E-state index contributed by atoms with van der Waals surface area (Å²) in [6.07, 6.45) is 0.643. The van der Waals surface area contributed by atoms with Crippen LogP contribution >= 0.6 is 39.1 Å². The monoisotopic (exact) mass is 414 g/mol. The van der Waals surface area contributed by atoms with Gasteiger partial charge < -0.3 is 0 Å². The molecule has 2 aromatic carbocycles. The van der Waals surface area contributed by atoms with Crippen LogP contribution in [0.3, 0.4) is 0 Å². The Bertz CT molecular complexity index is 738. The molecule has 0 radical (unpaired) electrons. The molecule has 4 nitrogen and oxygen atoms in total. The zero-order valence-corrected chi connectivity index (χ0v) is 15.0. The number of carbonyl (C=O) groups excluding carboxylic acids is 2.